The minimum absolute atomic E-state index is 0.0569. The van der Waals surface area contributed by atoms with E-state index in [1.54, 1.807) is 0 Å². The maximum atomic E-state index is 9.87. The SMILES string of the molecule is CCCCCCCCCC/C=C/COC[C@@H](O)[C@@H]1OC[C@H](O)[C@@H]1O. The Morgan fingerprint density at radius 3 is 2.33 bits per heavy atom. The molecule has 5 nitrogen and oxygen atoms in total. The zero-order valence-corrected chi connectivity index (χ0v) is 15.1. The van der Waals surface area contributed by atoms with Gasteiger partial charge in [-0.2, -0.15) is 0 Å². The van der Waals surface area contributed by atoms with Crippen molar-refractivity contribution in [1.82, 2.24) is 0 Å². The molecule has 0 unspecified atom stereocenters. The highest BCUT2D eigenvalue weighted by atomic mass is 16.5. The highest BCUT2D eigenvalue weighted by Gasteiger charge is 2.39. The Bertz CT molecular complexity index is 321. The summed E-state index contributed by atoms with van der Waals surface area (Å²) in [5.74, 6) is 0. The summed E-state index contributed by atoms with van der Waals surface area (Å²) in [6.07, 6.45) is 12.1. The van der Waals surface area contributed by atoms with Gasteiger partial charge >= 0.3 is 0 Å². The van der Waals surface area contributed by atoms with E-state index in [1.807, 2.05) is 6.08 Å². The fourth-order valence-corrected chi connectivity index (χ4v) is 2.90. The highest BCUT2D eigenvalue weighted by Crippen LogP contribution is 2.17. The van der Waals surface area contributed by atoms with Crippen molar-refractivity contribution >= 4 is 0 Å². The quantitative estimate of drug-likeness (QED) is 0.333. The van der Waals surface area contributed by atoms with Gasteiger partial charge in [0.1, 0.15) is 24.4 Å². The Labute approximate surface area is 146 Å². The van der Waals surface area contributed by atoms with Gasteiger partial charge in [0, 0.05) is 0 Å². The summed E-state index contributed by atoms with van der Waals surface area (Å²) in [6.45, 7) is 2.84. The van der Waals surface area contributed by atoms with Crippen molar-refractivity contribution in [2.75, 3.05) is 19.8 Å². The van der Waals surface area contributed by atoms with Crippen LogP contribution in [0.5, 0.6) is 0 Å². The van der Waals surface area contributed by atoms with Crippen molar-refractivity contribution < 1.29 is 24.8 Å². The molecule has 0 aromatic carbocycles. The summed E-state index contributed by atoms with van der Waals surface area (Å²) in [7, 11) is 0. The summed E-state index contributed by atoms with van der Waals surface area (Å²) in [5, 5.41) is 28.9. The predicted octanol–water partition coefficient (Wildman–Crippen LogP) is 2.57. The summed E-state index contributed by atoms with van der Waals surface area (Å²) < 4.78 is 10.5. The molecule has 1 rings (SSSR count). The first kappa shape index (κ1) is 21.6. The van der Waals surface area contributed by atoms with Crippen molar-refractivity contribution in [1.29, 1.82) is 0 Å². The molecule has 1 saturated heterocycles. The molecule has 0 amide bonds. The van der Waals surface area contributed by atoms with Gasteiger partial charge in [0.15, 0.2) is 0 Å². The summed E-state index contributed by atoms with van der Waals surface area (Å²) in [5.41, 5.74) is 0. The third kappa shape index (κ3) is 9.14. The average molecular weight is 344 g/mol. The molecule has 0 aromatic rings. The van der Waals surface area contributed by atoms with Crippen LogP contribution in [-0.2, 0) is 9.47 Å². The average Bonchev–Trinajstić information content (AvgIpc) is 2.91. The van der Waals surface area contributed by atoms with E-state index >= 15 is 0 Å². The second-order valence-electron chi connectivity index (χ2n) is 6.70. The molecule has 3 N–H and O–H groups in total. The van der Waals surface area contributed by atoms with Gasteiger partial charge in [0.25, 0.3) is 0 Å². The fourth-order valence-electron chi connectivity index (χ4n) is 2.90. The minimum atomic E-state index is -1.04. The first-order chi connectivity index (χ1) is 11.7. The maximum Gasteiger partial charge on any atom is 0.114 e. The second-order valence-corrected chi connectivity index (χ2v) is 6.70. The van der Waals surface area contributed by atoms with Crippen molar-refractivity contribution in [3.05, 3.63) is 12.2 Å². The van der Waals surface area contributed by atoms with Crippen LogP contribution in [0.25, 0.3) is 0 Å². The number of hydrogen-bond acceptors (Lipinski definition) is 5. The largest absolute Gasteiger partial charge is 0.388 e. The molecule has 0 saturated carbocycles. The smallest absolute Gasteiger partial charge is 0.114 e. The van der Waals surface area contributed by atoms with E-state index in [2.05, 4.69) is 13.0 Å². The lowest BCUT2D eigenvalue weighted by Crippen LogP contribution is -2.40. The topological polar surface area (TPSA) is 79.2 Å². The Kier molecular flexibility index (Phi) is 12.4. The molecule has 0 bridgehead atoms. The van der Waals surface area contributed by atoms with Crippen LogP contribution in [0, 0.1) is 0 Å². The van der Waals surface area contributed by atoms with Crippen LogP contribution in [0.3, 0.4) is 0 Å². The molecule has 4 atom stereocenters. The molecule has 24 heavy (non-hydrogen) atoms. The number of hydrogen-bond donors (Lipinski definition) is 3. The number of aliphatic hydroxyl groups is 3. The van der Waals surface area contributed by atoms with Gasteiger partial charge in [-0.15, -0.1) is 0 Å². The number of unbranched alkanes of at least 4 members (excludes halogenated alkanes) is 8. The van der Waals surface area contributed by atoms with Gasteiger partial charge in [-0.1, -0.05) is 64.0 Å². The van der Waals surface area contributed by atoms with Crippen molar-refractivity contribution in [2.45, 2.75) is 89.1 Å². The van der Waals surface area contributed by atoms with E-state index in [9.17, 15) is 15.3 Å². The standard InChI is InChI=1S/C19H36O5/c1-2-3-4-5-6-7-8-9-10-11-12-13-23-14-17(21)19-18(22)16(20)15-24-19/h11-12,16-22H,2-10,13-15H2,1H3/b12-11+/t16-,17+,18-,19-/m0/s1. The monoisotopic (exact) mass is 344 g/mol. The van der Waals surface area contributed by atoms with Gasteiger partial charge in [0.2, 0.25) is 0 Å². The normalized spacial score (nSPS) is 25.6. The number of aliphatic hydroxyl groups excluding tert-OH is 3. The third-order valence-corrected chi connectivity index (χ3v) is 4.46. The van der Waals surface area contributed by atoms with Crippen LogP contribution >= 0.6 is 0 Å². The van der Waals surface area contributed by atoms with E-state index < -0.39 is 24.4 Å². The van der Waals surface area contributed by atoms with Gasteiger partial charge < -0.3 is 24.8 Å². The van der Waals surface area contributed by atoms with Crippen LogP contribution in [0.15, 0.2) is 12.2 Å². The molecule has 5 heteroatoms. The first-order valence-corrected chi connectivity index (χ1v) is 9.55. The van der Waals surface area contributed by atoms with E-state index in [0.29, 0.717) is 6.61 Å². The number of allylic oxidation sites excluding steroid dienone is 1. The Morgan fingerprint density at radius 1 is 1.04 bits per heavy atom. The molecule has 0 radical (unpaired) electrons. The minimum Gasteiger partial charge on any atom is -0.388 e. The van der Waals surface area contributed by atoms with E-state index in [-0.39, 0.29) is 13.2 Å². The molecule has 0 aliphatic carbocycles. The van der Waals surface area contributed by atoms with Crippen LogP contribution < -0.4 is 0 Å². The van der Waals surface area contributed by atoms with Crippen LogP contribution in [0.4, 0.5) is 0 Å². The number of rotatable bonds is 14. The molecular formula is C19H36O5. The summed E-state index contributed by atoms with van der Waals surface area (Å²) in [4.78, 5) is 0. The van der Waals surface area contributed by atoms with Crippen molar-refractivity contribution in [2.24, 2.45) is 0 Å². The van der Waals surface area contributed by atoms with Gasteiger partial charge in [-0.05, 0) is 12.8 Å². The van der Waals surface area contributed by atoms with Crippen molar-refractivity contribution in [3.63, 3.8) is 0 Å². The molecule has 1 fully saturated rings. The van der Waals surface area contributed by atoms with Crippen LogP contribution in [-0.4, -0.2) is 59.6 Å². The van der Waals surface area contributed by atoms with Crippen molar-refractivity contribution in [3.8, 4) is 0 Å². The lowest BCUT2D eigenvalue weighted by Gasteiger charge is -2.20. The van der Waals surface area contributed by atoms with Crippen LogP contribution in [0.2, 0.25) is 0 Å². The van der Waals surface area contributed by atoms with E-state index in [1.165, 1.54) is 51.4 Å². The second kappa shape index (κ2) is 13.8. The Balaban J connectivity index is 1.89. The zero-order chi connectivity index (χ0) is 17.6. The first-order valence-electron chi connectivity index (χ1n) is 9.55. The zero-order valence-electron chi connectivity index (χ0n) is 15.1. The maximum absolute atomic E-state index is 9.87. The third-order valence-electron chi connectivity index (χ3n) is 4.46. The lowest BCUT2D eigenvalue weighted by atomic mass is 10.1. The highest BCUT2D eigenvalue weighted by molar-refractivity contribution is 4.88. The van der Waals surface area contributed by atoms with Crippen LogP contribution in [0.1, 0.15) is 64.7 Å². The van der Waals surface area contributed by atoms with E-state index in [0.717, 1.165) is 6.42 Å². The summed E-state index contributed by atoms with van der Waals surface area (Å²) >= 11 is 0. The summed E-state index contributed by atoms with van der Waals surface area (Å²) in [6, 6.07) is 0. The molecular weight excluding hydrogens is 308 g/mol. The Morgan fingerprint density at radius 2 is 1.71 bits per heavy atom. The predicted molar refractivity (Wildman–Crippen MR) is 94.9 cm³/mol. The number of ether oxygens (including phenoxy) is 2. The molecule has 0 spiro atoms. The Hall–Kier alpha value is -0.460. The fraction of sp³-hybridized carbons (Fsp3) is 0.895. The van der Waals surface area contributed by atoms with Gasteiger partial charge in [-0.3, -0.25) is 0 Å². The molecule has 1 aliphatic rings. The van der Waals surface area contributed by atoms with E-state index in [4.69, 9.17) is 9.47 Å². The molecule has 0 aromatic heterocycles. The van der Waals surface area contributed by atoms with Gasteiger partial charge in [-0.25, -0.2) is 0 Å². The lowest BCUT2D eigenvalue weighted by molar-refractivity contribution is -0.0782. The molecule has 1 aliphatic heterocycles. The molecule has 1 heterocycles. The van der Waals surface area contributed by atoms with Gasteiger partial charge in [0.05, 0.1) is 19.8 Å². The molecule has 142 valence electrons.